The Labute approximate surface area is 95.9 Å². The van der Waals surface area contributed by atoms with Gasteiger partial charge in [-0.1, -0.05) is 19.3 Å². The van der Waals surface area contributed by atoms with Crippen LogP contribution < -0.4 is 16.4 Å². The fourth-order valence-electron chi connectivity index (χ4n) is 2.12. The van der Waals surface area contributed by atoms with Crippen LogP contribution in [-0.2, 0) is 0 Å². The van der Waals surface area contributed by atoms with Gasteiger partial charge in [0.2, 0.25) is 5.95 Å². The van der Waals surface area contributed by atoms with E-state index in [4.69, 9.17) is 5.73 Å². The Kier molecular flexibility index (Phi) is 3.44. The molecule has 0 aliphatic heterocycles. The fraction of sp³-hybridized carbons (Fsp3) is 0.636. The Bertz CT molecular complexity index is 346. The van der Waals surface area contributed by atoms with E-state index < -0.39 is 0 Å². The molecule has 5 heteroatoms. The second-order valence-electron chi connectivity index (χ2n) is 4.23. The minimum Gasteiger partial charge on any atom is -0.373 e. The van der Waals surface area contributed by atoms with Crippen molar-refractivity contribution < 1.29 is 0 Å². The predicted molar refractivity (Wildman–Crippen MR) is 66.5 cm³/mol. The Balaban J connectivity index is 2.04. The van der Waals surface area contributed by atoms with Crippen LogP contribution in [0.4, 0.5) is 17.6 Å². The molecule has 0 radical (unpaired) electrons. The maximum absolute atomic E-state index is 5.64. The lowest BCUT2D eigenvalue weighted by Crippen LogP contribution is -2.23. The lowest BCUT2D eigenvalue weighted by molar-refractivity contribution is 0.462. The Morgan fingerprint density at radius 1 is 1.19 bits per heavy atom. The molecule has 0 atom stereocenters. The number of rotatable bonds is 3. The third-order valence-electron chi connectivity index (χ3n) is 2.96. The zero-order valence-electron chi connectivity index (χ0n) is 9.66. The van der Waals surface area contributed by atoms with Crippen molar-refractivity contribution in [2.45, 2.75) is 38.1 Å². The zero-order chi connectivity index (χ0) is 11.4. The first-order chi connectivity index (χ1) is 7.78. The van der Waals surface area contributed by atoms with Crippen LogP contribution in [0, 0.1) is 0 Å². The summed E-state index contributed by atoms with van der Waals surface area (Å²) in [6.45, 7) is 0. The average Bonchev–Trinajstić information content (AvgIpc) is 2.29. The molecule has 1 aliphatic carbocycles. The van der Waals surface area contributed by atoms with Gasteiger partial charge in [-0.2, -0.15) is 9.97 Å². The highest BCUT2D eigenvalue weighted by molar-refractivity contribution is 5.51. The molecule has 0 bridgehead atoms. The fourth-order valence-corrected chi connectivity index (χ4v) is 2.12. The molecule has 4 N–H and O–H groups in total. The minimum atomic E-state index is 0.310. The molecule has 1 aromatic heterocycles. The first-order valence-corrected chi connectivity index (χ1v) is 5.87. The number of hydrogen-bond acceptors (Lipinski definition) is 5. The van der Waals surface area contributed by atoms with Crippen molar-refractivity contribution in [1.29, 1.82) is 0 Å². The number of nitrogens with zero attached hydrogens (tertiary/aromatic N) is 2. The Hall–Kier alpha value is -1.52. The molecular weight excluding hydrogens is 202 g/mol. The van der Waals surface area contributed by atoms with Crippen LogP contribution in [0.1, 0.15) is 32.1 Å². The van der Waals surface area contributed by atoms with Crippen LogP contribution in [0.5, 0.6) is 0 Å². The summed E-state index contributed by atoms with van der Waals surface area (Å²) in [7, 11) is 1.83. The maximum Gasteiger partial charge on any atom is 0.223 e. The van der Waals surface area contributed by atoms with Crippen LogP contribution in [0.3, 0.4) is 0 Å². The number of aromatic nitrogens is 2. The number of nitrogen functional groups attached to an aromatic ring is 1. The second-order valence-corrected chi connectivity index (χ2v) is 4.23. The van der Waals surface area contributed by atoms with Gasteiger partial charge in [-0.15, -0.1) is 0 Å². The molecule has 16 heavy (non-hydrogen) atoms. The van der Waals surface area contributed by atoms with Gasteiger partial charge in [-0.25, -0.2) is 0 Å². The van der Waals surface area contributed by atoms with Gasteiger partial charge in [0.05, 0.1) is 0 Å². The number of nitrogens with two attached hydrogens (primary N) is 1. The molecule has 0 unspecified atom stereocenters. The number of nitrogens with one attached hydrogen (secondary N) is 2. The summed E-state index contributed by atoms with van der Waals surface area (Å²) in [6.07, 6.45) is 6.40. The van der Waals surface area contributed by atoms with Crippen molar-refractivity contribution >= 4 is 17.6 Å². The third kappa shape index (κ3) is 2.74. The summed E-state index contributed by atoms with van der Waals surface area (Å²) in [4.78, 5) is 8.25. The summed E-state index contributed by atoms with van der Waals surface area (Å²) in [6, 6.07) is 2.43. The zero-order valence-corrected chi connectivity index (χ0v) is 9.66. The molecule has 0 aromatic carbocycles. The first-order valence-electron chi connectivity index (χ1n) is 5.87. The van der Waals surface area contributed by atoms with Gasteiger partial charge < -0.3 is 16.4 Å². The van der Waals surface area contributed by atoms with Crippen LogP contribution in [0.25, 0.3) is 0 Å². The first kappa shape index (κ1) is 11.0. The molecule has 0 spiro atoms. The van der Waals surface area contributed by atoms with Crippen molar-refractivity contribution in [3.05, 3.63) is 6.07 Å². The molecule has 5 nitrogen and oxygen atoms in total. The largest absolute Gasteiger partial charge is 0.373 e. The van der Waals surface area contributed by atoms with Crippen LogP contribution in [0.2, 0.25) is 0 Å². The lowest BCUT2D eigenvalue weighted by Gasteiger charge is -2.23. The van der Waals surface area contributed by atoms with Crippen molar-refractivity contribution in [3.8, 4) is 0 Å². The number of anilines is 3. The summed E-state index contributed by atoms with van der Waals surface area (Å²) >= 11 is 0. The van der Waals surface area contributed by atoms with Crippen LogP contribution in [-0.4, -0.2) is 23.1 Å². The van der Waals surface area contributed by atoms with Gasteiger partial charge in [-0.05, 0) is 12.8 Å². The van der Waals surface area contributed by atoms with Crippen LogP contribution in [0.15, 0.2) is 6.07 Å². The molecule has 1 heterocycles. The molecule has 1 aromatic rings. The van der Waals surface area contributed by atoms with Gasteiger partial charge in [0, 0.05) is 19.2 Å². The van der Waals surface area contributed by atoms with Crippen molar-refractivity contribution in [2.75, 3.05) is 23.4 Å². The highest BCUT2D eigenvalue weighted by Gasteiger charge is 2.13. The highest BCUT2D eigenvalue weighted by Crippen LogP contribution is 2.21. The van der Waals surface area contributed by atoms with Gasteiger partial charge in [-0.3, -0.25) is 0 Å². The molecule has 88 valence electrons. The van der Waals surface area contributed by atoms with Crippen molar-refractivity contribution in [3.63, 3.8) is 0 Å². The topological polar surface area (TPSA) is 75.9 Å². The molecule has 2 rings (SSSR count). The third-order valence-corrected chi connectivity index (χ3v) is 2.96. The monoisotopic (exact) mass is 221 g/mol. The molecule has 0 amide bonds. The van der Waals surface area contributed by atoms with Crippen LogP contribution >= 0.6 is 0 Å². The van der Waals surface area contributed by atoms with E-state index in [1.54, 1.807) is 0 Å². The van der Waals surface area contributed by atoms with E-state index in [1.165, 1.54) is 32.1 Å². The standard InChI is InChI=1S/C11H19N5/c1-13-9-7-10(16-11(12)15-9)14-8-5-3-2-4-6-8/h7-8H,2-6H2,1H3,(H4,12,13,14,15,16). The second kappa shape index (κ2) is 5.01. The lowest BCUT2D eigenvalue weighted by atomic mass is 9.95. The van der Waals surface area contributed by atoms with E-state index in [0.717, 1.165) is 11.6 Å². The SMILES string of the molecule is CNc1cc(NC2CCCCC2)nc(N)n1. The molecule has 0 saturated heterocycles. The van der Waals surface area contributed by atoms with Gasteiger partial charge in [0.15, 0.2) is 0 Å². The Morgan fingerprint density at radius 2 is 1.88 bits per heavy atom. The Morgan fingerprint density at radius 3 is 2.56 bits per heavy atom. The van der Waals surface area contributed by atoms with E-state index in [1.807, 2.05) is 13.1 Å². The van der Waals surface area contributed by atoms with Gasteiger partial charge >= 0.3 is 0 Å². The summed E-state index contributed by atoms with van der Waals surface area (Å²) in [5.41, 5.74) is 5.64. The van der Waals surface area contributed by atoms with E-state index in [2.05, 4.69) is 20.6 Å². The normalized spacial score (nSPS) is 17.1. The maximum atomic E-state index is 5.64. The highest BCUT2D eigenvalue weighted by atomic mass is 15.1. The van der Waals surface area contributed by atoms with Gasteiger partial charge in [0.25, 0.3) is 0 Å². The summed E-state index contributed by atoms with van der Waals surface area (Å²) in [5.74, 6) is 1.89. The van der Waals surface area contributed by atoms with Crippen molar-refractivity contribution in [2.24, 2.45) is 0 Å². The molecular formula is C11H19N5. The minimum absolute atomic E-state index is 0.310. The van der Waals surface area contributed by atoms with Crippen molar-refractivity contribution in [1.82, 2.24) is 9.97 Å². The molecule has 1 saturated carbocycles. The quantitative estimate of drug-likeness (QED) is 0.726. The van der Waals surface area contributed by atoms with E-state index in [9.17, 15) is 0 Å². The smallest absolute Gasteiger partial charge is 0.223 e. The molecule has 1 fully saturated rings. The summed E-state index contributed by atoms with van der Waals surface area (Å²) in [5, 5.41) is 6.40. The van der Waals surface area contributed by atoms with E-state index >= 15 is 0 Å². The predicted octanol–water partition coefficient (Wildman–Crippen LogP) is 1.85. The van der Waals surface area contributed by atoms with E-state index in [0.29, 0.717) is 12.0 Å². The average molecular weight is 221 g/mol. The van der Waals surface area contributed by atoms with E-state index in [-0.39, 0.29) is 0 Å². The summed E-state index contributed by atoms with van der Waals surface area (Å²) < 4.78 is 0. The van der Waals surface area contributed by atoms with Gasteiger partial charge in [0.1, 0.15) is 11.6 Å². The molecule has 1 aliphatic rings. The number of hydrogen-bond donors (Lipinski definition) is 3.